The minimum absolute atomic E-state index is 0. The maximum absolute atomic E-state index is 12.3. The Hall–Kier alpha value is -0.810. The predicted octanol–water partition coefficient (Wildman–Crippen LogP) is 2.27. The molecular formula is C14H20Cl2N2O2. The van der Waals surface area contributed by atoms with E-state index in [0.29, 0.717) is 18.2 Å². The van der Waals surface area contributed by atoms with Crippen molar-refractivity contribution < 1.29 is 9.53 Å². The summed E-state index contributed by atoms with van der Waals surface area (Å²) in [7, 11) is 1.80. The Morgan fingerprint density at radius 2 is 2.30 bits per heavy atom. The Kier molecular flexibility index (Phi) is 6.76. The molecular weight excluding hydrogens is 299 g/mol. The van der Waals surface area contributed by atoms with Crippen molar-refractivity contribution in [2.75, 3.05) is 26.7 Å². The molecule has 1 saturated heterocycles. The van der Waals surface area contributed by atoms with E-state index in [1.54, 1.807) is 11.9 Å². The Morgan fingerprint density at radius 1 is 1.55 bits per heavy atom. The van der Waals surface area contributed by atoms with Crippen LogP contribution in [0.1, 0.15) is 18.5 Å². The minimum Gasteiger partial charge on any atom is -0.366 e. The molecule has 4 nitrogen and oxygen atoms in total. The number of hydrogen-bond donors (Lipinski definition) is 1. The molecule has 1 aliphatic heterocycles. The van der Waals surface area contributed by atoms with E-state index in [1.807, 2.05) is 31.2 Å². The third-order valence-corrected chi connectivity index (χ3v) is 3.70. The van der Waals surface area contributed by atoms with Crippen molar-refractivity contribution in [1.82, 2.24) is 10.2 Å². The molecule has 0 bridgehead atoms. The van der Waals surface area contributed by atoms with Crippen LogP contribution in [-0.2, 0) is 9.53 Å². The van der Waals surface area contributed by atoms with E-state index < -0.39 is 0 Å². The van der Waals surface area contributed by atoms with Gasteiger partial charge in [0.2, 0.25) is 0 Å². The van der Waals surface area contributed by atoms with Gasteiger partial charge >= 0.3 is 0 Å². The molecule has 0 radical (unpaired) electrons. The molecule has 0 spiro atoms. The average molecular weight is 319 g/mol. The van der Waals surface area contributed by atoms with E-state index in [-0.39, 0.29) is 30.5 Å². The standard InChI is InChI=1S/C14H19ClN2O2.ClH/c1-10(11-4-3-5-12(15)8-11)17(2)14(18)13-9-16-6-7-19-13;/h3-5,8,10,13,16H,6-7,9H2,1-2H3;1H. The van der Waals surface area contributed by atoms with Gasteiger partial charge in [0, 0.05) is 25.2 Å². The fourth-order valence-electron chi connectivity index (χ4n) is 2.13. The Labute approximate surface area is 130 Å². The predicted molar refractivity (Wildman–Crippen MR) is 82.5 cm³/mol. The van der Waals surface area contributed by atoms with Crippen LogP contribution in [0.15, 0.2) is 24.3 Å². The fourth-order valence-corrected chi connectivity index (χ4v) is 2.33. The van der Waals surface area contributed by atoms with Crippen LogP contribution in [-0.4, -0.2) is 43.7 Å². The Morgan fingerprint density at radius 3 is 2.90 bits per heavy atom. The van der Waals surface area contributed by atoms with Gasteiger partial charge in [-0.05, 0) is 24.6 Å². The van der Waals surface area contributed by atoms with Gasteiger partial charge in [-0.15, -0.1) is 12.4 Å². The first-order valence-electron chi connectivity index (χ1n) is 6.44. The average Bonchev–Trinajstić information content (AvgIpc) is 2.46. The highest BCUT2D eigenvalue weighted by Gasteiger charge is 2.27. The van der Waals surface area contributed by atoms with Crippen molar-refractivity contribution in [2.24, 2.45) is 0 Å². The molecule has 1 aromatic carbocycles. The molecule has 1 fully saturated rings. The minimum atomic E-state index is -0.389. The normalized spacial score (nSPS) is 19.9. The largest absolute Gasteiger partial charge is 0.366 e. The molecule has 1 heterocycles. The van der Waals surface area contributed by atoms with E-state index in [1.165, 1.54) is 0 Å². The van der Waals surface area contributed by atoms with Crippen LogP contribution in [0, 0.1) is 0 Å². The molecule has 6 heteroatoms. The smallest absolute Gasteiger partial charge is 0.253 e. The maximum Gasteiger partial charge on any atom is 0.253 e. The van der Waals surface area contributed by atoms with Gasteiger partial charge in [-0.3, -0.25) is 4.79 Å². The van der Waals surface area contributed by atoms with Crippen molar-refractivity contribution in [1.29, 1.82) is 0 Å². The molecule has 1 aliphatic rings. The summed E-state index contributed by atoms with van der Waals surface area (Å²) in [6.45, 7) is 3.94. The number of ether oxygens (including phenoxy) is 1. The molecule has 1 aromatic rings. The van der Waals surface area contributed by atoms with Gasteiger partial charge in [0.15, 0.2) is 0 Å². The van der Waals surface area contributed by atoms with Gasteiger partial charge in [-0.2, -0.15) is 0 Å². The van der Waals surface area contributed by atoms with E-state index in [4.69, 9.17) is 16.3 Å². The molecule has 1 N–H and O–H groups in total. The lowest BCUT2D eigenvalue weighted by molar-refractivity contribution is -0.145. The van der Waals surface area contributed by atoms with Crippen molar-refractivity contribution >= 4 is 29.9 Å². The van der Waals surface area contributed by atoms with Crippen molar-refractivity contribution in [3.05, 3.63) is 34.9 Å². The zero-order valence-electron chi connectivity index (χ0n) is 11.6. The SMILES string of the molecule is CC(c1cccc(Cl)c1)N(C)C(=O)C1CNCCO1.Cl. The number of hydrogen-bond acceptors (Lipinski definition) is 3. The highest BCUT2D eigenvalue weighted by Crippen LogP contribution is 2.22. The number of amides is 1. The first-order valence-corrected chi connectivity index (χ1v) is 6.82. The van der Waals surface area contributed by atoms with Crippen LogP contribution in [0.4, 0.5) is 0 Å². The van der Waals surface area contributed by atoms with E-state index >= 15 is 0 Å². The Balaban J connectivity index is 0.00000200. The second-order valence-electron chi connectivity index (χ2n) is 4.74. The van der Waals surface area contributed by atoms with Gasteiger partial charge in [0.1, 0.15) is 6.10 Å². The monoisotopic (exact) mass is 318 g/mol. The molecule has 2 rings (SSSR count). The van der Waals surface area contributed by atoms with Gasteiger partial charge < -0.3 is 15.0 Å². The zero-order valence-corrected chi connectivity index (χ0v) is 13.2. The second-order valence-corrected chi connectivity index (χ2v) is 5.18. The summed E-state index contributed by atoms with van der Waals surface area (Å²) >= 11 is 5.98. The number of halogens is 2. The summed E-state index contributed by atoms with van der Waals surface area (Å²) in [5.41, 5.74) is 1.02. The summed E-state index contributed by atoms with van der Waals surface area (Å²) in [6.07, 6.45) is -0.389. The van der Waals surface area contributed by atoms with Crippen LogP contribution in [0.5, 0.6) is 0 Å². The number of carbonyl (C=O) groups is 1. The zero-order chi connectivity index (χ0) is 13.8. The number of nitrogens with one attached hydrogen (secondary N) is 1. The van der Waals surface area contributed by atoms with E-state index in [9.17, 15) is 4.79 Å². The number of morpholine rings is 1. The lowest BCUT2D eigenvalue weighted by atomic mass is 10.1. The molecule has 0 aliphatic carbocycles. The van der Waals surface area contributed by atoms with Crippen LogP contribution < -0.4 is 5.32 Å². The van der Waals surface area contributed by atoms with Crippen LogP contribution in [0.2, 0.25) is 5.02 Å². The third-order valence-electron chi connectivity index (χ3n) is 3.46. The first-order chi connectivity index (χ1) is 9.09. The molecule has 1 amide bonds. The number of rotatable bonds is 3. The molecule has 0 saturated carbocycles. The Bertz CT molecular complexity index is 451. The number of carbonyl (C=O) groups excluding carboxylic acids is 1. The first kappa shape index (κ1) is 17.2. The molecule has 112 valence electrons. The highest BCUT2D eigenvalue weighted by atomic mass is 35.5. The van der Waals surface area contributed by atoms with Crippen molar-refractivity contribution in [2.45, 2.75) is 19.1 Å². The van der Waals surface area contributed by atoms with E-state index in [2.05, 4.69) is 5.32 Å². The lowest BCUT2D eigenvalue weighted by Gasteiger charge is -2.31. The number of likely N-dealkylation sites (N-methyl/N-ethyl adjacent to an activating group) is 1. The molecule has 20 heavy (non-hydrogen) atoms. The van der Waals surface area contributed by atoms with Crippen LogP contribution in [0.3, 0.4) is 0 Å². The summed E-state index contributed by atoms with van der Waals surface area (Å²) in [5.74, 6) is -0.000300. The van der Waals surface area contributed by atoms with E-state index in [0.717, 1.165) is 12.1 Å². The summed E-state index contributed by atoms with van der Waals surface area (Å²) in [5, 5.41) is 3.85. The molecule has 2 atom stereocenters. The number of nitrogens with zero attached hydrogens (tertiary/aromatic N) is 1. The van der Waals surface area contributed by atoms with Gasteiger partial charge in [-0.1, -0.05) is 23.7 Å². The quantitative estimate of drug-likeness (QED) is 0.929. The summed E-state index contributed by atoms with van der Waals surface area (Å²) in [6, 6.07) is 7.55. The lowest BCUT2D eigenvalue weighted by Crippen LogP contribution is -2.48. The fraction of sp³-hybridized carbons (Fsp3) is 0.500. The van der Waals surface area contributed by atoms with Crippen molar-refractivity contribution in [3.8, 4) is 0 Å². The molecule has 2 unspecified atom stereocenters. The van der Waals surface area contributed by atoms with Crippen LogP contribution in [0.25, 0.3) is 0 Å². The topological polar surface area (TPSA) is 41.6 Å². The van der Waals surface area contributed by atoms with Crippen molar-refractivity contribution in [3.63, 3.8) is 0 Å². The summed E-state index contributed by atoms with van der Waals surface area (Å²) in [4.78, 5) is 14.0. The highest BCUT2D eigenvalue weighted by molar-refractivity contribution is 6.30. The second kappa shape index (κ2) is 7.84. The molecule has 0 aromatic heterocycles. The maximum atomic E-state index is 12.3. The third kappa shape index (κ3) is 4.09. The van der Waals surface area contributed by atoms with Gasteiger partial charge in [0.05, 0.1) is 12.6 Å². The summed E-state index contributed by atoms with van der Waals surface area (Å²) < 4.78 is 5.49. The van der Waals surface area contributed by atoms with Gasteiger partial charge in [0.25, 0.3) is 5.91 Å². The van der Waals surface area contributed by atoms with Crippen LogP contribution >= 0.6 is 24.0 Å². The number of benzene rings is 1. The van der Waals surface area contributed by atoms with Gasteiger partial charge in [-0.25, -0.2) is 0 Å².